The zero-order valence-electron chi connectivity index (χ0n) is 16.7. The Morgan fingerprint density at radius 2 is 2.04 bits per heavy atom. The molecule has 0 spiro atoms. The van der Waals surface area contributed by atoms with Crippen LogP contribution in [-0.4, -0.2) is 35.2 Å². The van der Waals surface area contributed by atoms with Crippen LogP contribution in [0.5, 0.6) is 5.75 Å². The maximum atomic E-state index is 12.8. The van der Waals surface area contributed by atoms with Gasteiger partial charge in [0.2, 0.25) is 5.91 Å². The molecule has 1 aromatic heterocycles. The summed E-state index contributed by atoms with van der Waals surface area (Å²) in [5.41, 5.74) is 1.88. The molecule has 28 heavy (non-hydrogen) atoms. The molecule has 3 rings (SSSR count). The molecular formula is C20H25BrN4O3. The number of H-pyrrole nitrogens is 1. The Kier molecular flexibility index (Phi) is 5.52. The van der Waals surface area contributed by atoms with Crippen LogP contribution >= 0.6 is 15.9 Å². The number of carbonyl (C=O) groups excluding carboxylic acids is 2. The summed E-state index contributed by atoms with van der Waals surface area (Å²) < 4.78 is 6.34. The van der Waals surface area contributed by atoms with E-state index in [0.29, 0.717) is 40.4 Å². The Hall–Kier alpha value is -2.35. The third-order valence-corrected chi connectivity index (χ3v) is 5.29. The fourth-order valence-corrected chi connectivity index (χ4v) is 3.79. The van der Waals surface area contributed by atoms with E-state index in [0.717, 1.165) is 5.69 Å². The van der Waals surface area contributed by atoms with Gasteiger partial charge >= 0.3 is 0 Å². The Labute approximate surface area is 173 Å². The van der Waals surface area contributed by atoms with Gasteiger partial charge in [0, 0.05) is 11.1 Å². The van der Waals surface area contributed by atoms with E-state index in [4.69, 9.17) is 4.74 Å². The van der Waals surface area contributed by atoms with E-state index < -0.39 is 5.41 Å². The van der Waals surface area contributed by atoms with Crippen molar-refractivity contribution in [3.8, 4) is 5.75 Å². The number of hydrogen-bond acceptors (Lipinski definition) is 4. The number of benzene rings is 1. The zero-order chi connectivity index (χ0) is 20.6. The van der Waals surface area contributed by atoms with Crippen LogP contribution in [0.3, 0.4) is 0 Å². The molecule has 7 nitrogen and oxygen atoms in total. The normalized spacial score (nSPS) is 13.9. The lowest BCUT2D eigenvalue weighted by atomic mass is 9.94. The molecule has 1 aliphatic rings. The molecule has 2 N–H and O–H groups in total. The maximum Gasteiger partial charge on any atom is 0.277 e. The minimum atomic E-state index is -0.513. The van der Waals surface area contributed by atoms with Crippen molar-refractivity contribution in [2.45, 2.75) is 40.5 Å². The van der Waals surface area contributed by atoms with Crippen LogP contribution in [0.15, 0.2) is 22.7 Å². The molecule has 8 heteroatoms. The number of carbonyl (C=O) groups is 2. The second-order valence-corrected chi connectivity index (χ2v) is 8.94. The van der Waals surface area contributed by atoms with Gasteiger partial charge in [0.1, 0.15) is 12.4 Å². The van der Waals surface area contributed by atoms with Crippen molar-refractivity contribution >= 4 is 39.1 Å². The highest BCUT2D eigenvalue weighted by Crippen LogP contribution is 2.36. The van der Waals surface area contributed by atoms with Crippen LogP contribution in [0.25, 0.3) is 0 Å². The van der Waals surface area contributed by atoms with Gasteiger partial charge in [-0.3, -0.25) is 14.7 Å². The molecule has 2 amide bonds. The highest BCUT2D eigenvalue weighted by Gasteiger charge is 2.32. The van der Waals surface area contributed by atoms with E-state index in [1.165, 1.54) is 0 Å². The molecule has 2 heterocycles. The van der Waals surface area contributed by atoms with Gasteiger partial charge in [-0.25, -0.2) is 0 Å². The summed E-state index contributed by atoms with van der Waals surface area (Å²) in [6.45, 7) is 10.6. The van der Waals surface area contributed by atoms with Crippen LogP contribution < -0.4 is 15.0 Å². The molecule has 0 fully saturated rings. The number of aromatic amines is 1. The molecule has 0 atom stereocenters. The average molecular weight is 449 g/mol. The van der Waals surface area contributed by atoms with Crippen molar-refractivity contribution in [3.05, 3.63) is 34.1 Å². The van der Waals surface area contributed by atoms with Crippen molar-refractivity contribution in [1.82, 2.24) is 10.2 Å². The molecule has 0 aliphatic carbocycles. The number of nitrogens with zero attached hydrogens (tertiary/aromatic N) is 2. The van der Waals surface area contributed by atoms with Crippen LogP contribution in [0.1, 0.15) is 56.7 Å². The number of ether oxygens (including phenoxy) is 1. The molecule has 150 valence electrons. The van der Waals surface area contributed by atoms with Crippen molar-refractivity contribution in [2.24, 2.45) is 5.41 Å². The summed E-state index contributed by atoms with van der Waals surface area (Å²) in [6, 6.07) is 5.29. The number of rotatable bonds is 3. The Bertz CT molecular complexity index is 915. The first kappa shape index (κ1) is 20.4. The summed E-state index contributed by atoms with van der Waals surface area (Å²) >= 11 is 3.45. The summed E-state index contributed by atoms with van der Waals surface area (Å²) in [6.07, 6.45) is 0. The number of fused-ring (bicyclic) bond motifs is 1. The van der Waals surface area contributed by atoms with Crippen molar-refractivity contribution in [3.63, 3.8) is 0 Å². The highest BCUT2D eigenvalue weighted by atomic mass is 79.9. The Morgan fingerprint density at radius 3 is 2.64 bits per heavy atom. The van der Waals surface area contributed by atoms with Crippen LogP contribution in [0.2, 0.25) is 0 Å². The van der Waals surface area contributed by atoms with Gasteiger partial charge in [0.05, 0.1) is 22.4 Å². The Morgan fingerprint density at radius 1 is 1.32 bits per heavy atom. The summed E-state index contributed by atoms with van der Waals surface area (Å²) in [5, 5.41) is 9.88. The van der Waals surface area contributed by atoms with Crippen LogP contribution in [0, 0.1) is 5.41 Å². The van der Waals surface area contributed by atoms with Gasteiger partial charge in [-0.1, -0.05) is 34.6 Å². The maximum absolute atomic E-state index is 12.8. The van der Waals surface area contributed by atoms with Crippen molar-refractivity contribution in [2.75, 3.05) is 23.4 Å². The fourth-order valence-electron chi connectivity index (χ4n) is 2.98. The smallest absolute Gasteiger partial charge is 0.277 e. The minimum Gasteiger partial charge on any atom is -0.490 e. The molecule has 2 aromatic rings. The van der Waals surface area contributed by atoms with E-state index in [1.807, 2.05) is 34.6 Å². The molecule has 1 aliphatic heterocycles. The highest BCUT2D eigenvalue weighted by molar-refractivity contribution is 9.10. The van der Waals surface area contributed by atoms with Gasteiger partial charge in [0.15, 0.2) is 5.69 Å². The number of halogens is 1. The van der Waals surface area contributed by atoms with E-state index >= 15 is 0 Å². The van der Waals surface area contributed by atoms with E-state index in [9.17, 15) is 9.59 Å². The lowest BCUT2D eigenvalue weighted by Crippen LogP contribution is -2.44. The predicted octanol–water partition coefficient (Wildman–Crippen LogP) is 4.32. The number of aromatic nitrogens is 2. The lowest BCUT2D eigenvalue weighted by Gasteiger charge is -2.34. The monoisotopic (exact) mass is 448 g/mol. The third-order valence-electron chi connectivity index (χ3n) is 4.49. The average Bonchev–Trinajstić information content (AvgIpc) is 3.01. The molecule has 0 radical (unpaired) electrons. The minimum absolute atomic E-state index is 0.0112. The first-order valence-electron chi connectivity index (χ1n) is 9.23. The van der Waals surface area contributed by atoms with Crippen molar-refractivity contribution < 1.29 is 14.3 Å². The molecular weight excluding hydrogens is 424 g/mol. The molecule has 0 saturated carbocycles. The SMILES string of the molecule is CC(C)c1[nH]nc(C(=O)Nc2ccc3c(c2)N(C(=O)C(C)(C)C)CCO3)c1Br. The van der Waals surface area contributed by atoms with Gasteiger partial charge in [-0.05, 0) is 40.0 Å². The second-order valence-electron chi connectivity index (χ2n) is 8.15. The number of amides is 2. The third kappa shape index (κ3) is 3.92. The van der Waals surface area contributed by atoms with Crippen molar-refractivity contribution in [1.29, 1.82) is 0 Å². The Balaban J connectivity index is 1.87. The lowest BCUT2D eigenvalue weighted by molar-refractivity contribution is -0.126. The van der Waals surface area contributed by atoms with Crippen LogP contribution in [-0.2, 0) is 4.79 Å². The summed E-state index contributed by atoms with van der Waals surface area (Å²) in [5.74, 6) is 0.517. The first-order chi connectivity index (χ1) is 13.1. The van der Waals surface area contributed by atoms with Crippen LogP contribution in [0.4, 0.5) is 11.4 Å². The number of anilines is 2. The van der Waals surface area contributed by atoms with Gasteiger partial charge < -0.3 is 15.0 Å². The second kappa shape index (κ2) is 7.58. The quantitative estimate of drug-likeness (QED) is 0.731. The van der Waals surface area contributed by atoms with E-state index in [2.05, 4.69) is 31.4 Å². The number of nitrogens with one attached hydrogen (secondary N) is 2. The predicted molar refractivity (Wildman–Crippen MR) is 112 cm³/mol. The van der Waals surface area contributed by atoms with E-state index in [-0.39, 0.29) is 17.7 Å². The molecule has 0 unspecified atom stereocenters. The van der Waals surface area contributed by atoms with Gasteiger partial charge in [-0.2, -0.15) is 5.10 Å². The number of hydrogen-bond donors (Lipinski definition) is 2. The zero-order valence-corrected chi connectivity index (χ0v) is 18.3. The molecule has 0 saturated heterocycles. The fraction of sp³-hybridized carbons (Fsp3) is 0.450. The standard InChI is InChI=1S/C20H25BrN4O3/c1-11(2)16-15(21)17(24-23-16)18(26)22-12-6-7-14-13(10-12)25(8-9-28-14)19(27)20(3,4)5/h6-7,10-11H,8-9H2,1-5H3,(H,22,26)(H,23,24). The molecule has 1 aromatic carbocycles. The van der Waals surface area contributed by atoms with Gasteiger partial charge in [-0.15, -0.1) is 0 Å². The summed E-state index contributed by atoms with van der Waals surface area (Å²) in [4.78, 5) is 27.2. The van der Waals surface area contributed by atoms with Gasteiger partial charge in [0.25, 0.3) is 5.91 Å². The van der Waals surface area contributed by atoms with E-state index in [1.54, 1.807) is 23.1 Å². The topological polar surface area (TPSA) is 87.3 Å². The summed E-state index contributed by atoms with van der Waals surface area (Å²) in [7, 11) is 0. The first-order valence-corrected chi connectivity index (χ1v) is 10.0. The largest absolute Gasteiger partial charge is 0.490 e. The molecule has 0 bridgehead atoms.